The van der Waals surface area contributed by atoms with Crippen LogP contribution in [0.5, 0.6) is 0 Å². The van der Waals surface area contributed by atoms with Gasteiger partial charge < -0.3 is 10.1 Å². The van der Waals surface area contributed by atoms with Gasteiger partial charge in [-0.1, -0.05) is 30.3 Å². The van der Waals surface area contributed by atoms with Crippen LogP contribution in [0.4, 0.5) is 5.00 Å². The molecule has 0 radical (unpaired) electrons. The van der Waals surface area contributed by atoms with Gasteiger partial charge in [0, 0.05) is 6.42 Å². The molecule has 0 bridgehead atoms. The number of carbonyl (C=O) groups is 2. The van der Waals surface area contributed by atoms with Gasteiger partial charge in [-0.15, -0.1) is 11.3 Å². The fraction of sp³-hybridized carbons (Fsp3) is 0.294. The first-order chi connectivity index (χ1) is 11.9. The molecule has 2 rings (SSSR count). The first-order valence-corrected chi connectivity index (χ1v) is 10.4. The molecule has 0 unspecified atom stereocenters. The highest BCUT2D eigenvalue weighted by molar-refractivity contribution is 7.90. The highest BCUT2D eigenvalue weighted by Crippen LogP contribution is 2.24. The van der Waals surface area contributed by atoms with E-state index >= 15 is 0 Å². The second kappa shape index (κ2) is 8.77. The Morgan fingerprint density at radius 1 is 1.16 bits per heavy atom. The number of esters is 1. The van der Waals surface area contributed by atoms with Gasteiger partial charge in [-0.25, -0.2) is 13.2 Å². The first kappa shape index (κ1) is 19.1. The number of hydrogen-bond donors (Lipinski definition) is 1. The van der Waals surface area contributed by atoms with E-state index in [1.165, 1.54) is 11.3 Å². The Morgan fingerprint density at radius 2 is 1.88 bits per heavy atom. The Morgan fingerprint density at radius 3 is 2.56 bits per heavy atom. The molecule has 0 saturated carbocycles. The summed E-state index contributed by atoms with van der Waals surface area (Å²) in [4.78, 5) is 23.8. The van der Waals surface area contributed by atoms with Crippen LogP contribution in [0.15, 0.2) is 41.8 Å². The average Bonchev–Trinajstić information content (AvgIpc) is 3.02. The molecular formula is C17H19NO5S2. The average molecular weight is 381 g/mol. The van der Waals surface area contributed by atoms with Crippen molar-refractivity contribution < 1.29 is 22.7 Å². The minimum Gasteiger partial charge on any atom is -0.462 e. The van der Waals surface area contributed by atoms with Crippen LogP contribution in [0.3, 0.4) is 0 Å². The molecule has 1 amide bonds. The highest BCUT2D eigenvalue weighted by Gasteiger charge is 2.18. The molecule has 2 aromatic rings. The molecule has 1 aromatic carbocycles. The number of rotatable bonds is 8. The fourth-order valence-corrected chi connectivity index (χ4v) is 4.25. The Labute approximate surface area is 150 Å². The van der Waals surface area contributed by atoms with Crippen molar-refractivity contribution in [1.29, 1.82) is 0 Å². The van der Waals surface area contributed by atoms with E-state index in [-0.39, 0.29) is 30.1 Å². The molecule has 6 nitrogen and oxygen atoms in total. The van der Waals surface area contributed by atoms with Crippen LogP contribution in [-0.2, 0) is 25.1 Å². The number of amides is 1. The van der Waals surface area contributed by atoms with E-state index in [4.69, 9.17) is 4.74 Å². The number of benzene rings is 1. The van der Waals surface area contributed by atoms with E-state index in [0.717, 1.165) is 0 Å². The Bertz CT molecular complexity index is 828. The number of thiophene rings is 1. The van der Waals surface area contributed by atoms with Gasteiger partial charge in [0.1, 0.15) is 5.00 Å². The first-order valence-electron chi connectivity index (χ1n) is 7.70. The molecule has 8 heteroatoms. The quantitative estimate of drug-likeness (QED) is 0.710. The van der Waals surface area contributed by atoms with E-state index in [0.29, 0.717) is 10.6 Å². The summed E-state index contributed by atoms with van der Waals surface area (Å²) < 4.78 is 29.1. The van der Waals surface area contributed by atoms with E-state index < -0.39 is 21.7 Å². The van der Waals surface area contributed by atoms with Gasteiger partial charge >= 0.3 is 5.97 Å². The van der Waals surface area contributed by atoms with Crippen LogP contribution in [0, 0.1) is 0 Å². The maximum absolute atomic E-state index is 12.1. The SMILES string of the molecule is CCOC(=O)c1ccsc1NC(=O)CCS(=O)(=O)Cc1ccccc1. The number of ether oxygens (including phenoxy) is 1. The predicted molar refractivity (Wildman–Crippen MR) is 97.5 cm³/mol. The monoisotopic (exact) mass is 381 g/mol. The molecule has 0 atom stereocenters. The molecule has 1 heterocycles. The van der Waals surface area contributed by atoms with E-state index in [1.54, 1.807) is 42.6 Å². The van der Waals surface area contributed by atoms with Gasteiger partial charge in [0.25, 0.3) is 0 Å². The van der Waals surface area contributed by atoms with E-state index in [1.807, 2.05) is 6.07 Å². The molecule has 25 heavy (non-hydrogen) atoms. The van der Waals surface area contributed by atoms with Gasteiger partial charge in [0.15, 0.2) is 9.84 Å². The minimum atomic E-state index is -3.39. The summed E-state index contributed by atoms with van der Waals surface area (Å²) >= 11 is 1.19. The molecule has 0 spiro atoms. The lowest BCUT2D eigenvalue weighted by Crippen LogP contribution is -2.19. The van der Waals surface area contributed by atoms with E-state index in [9.17, 15) is 18.0 Å². The Hall–Kier alpha value is -2.19. The molecule has 0 fully saturated rings. The van der Waals surface area contributed by atoms with Crippen molar-refractivity contribution in [2.24, 2.45) is 0 Å². The smallest absolute Gasteiger partial charge is 0.341 e. The van der Waals surface area contributed by atoms with Crippen LogP contribution in [0.2, 0.25) is 0 Å². The molecule has 0 aliphatic heterocycles. The van der Waals surface area contributed by atoms with Gasteiger partial charge in [0.2, 0.25) is 5.91 Å². The second-order valence-electron chi connectivity index (χ2n) is 5.26. The molecule has 0 aliphatic carbocycles. The van der Waals surface area contributed by atoms with Crippen molar-refractivity contribution >= 4 is 38.1 Å². The highest BCUT2D eigenvalue weighted by atomic mass is 32.2. The number of sulfone groups is 1. The van der Waals surface area contributed by atoms with Crippen molar-refractivity contribution in [3.8, 4) is 0 Å². The molecule has 1 aromatic heterocycles. The summed E-state index contributed by atoms with van der Waals surface area (Å²) in [7, 11) is -3.39. The maximum Gasteiger partial charge on any atom is 0.341 e. The summed E-state index contributed by atoms with van der Waals surface area (Å²) in [5, 5.41) is 4.61. The largest absolute Gasteiger partial charge is 0.462 e. The molecular weight excluding hydrogens is 362 g/mol. The topological polar surface area (TPSA) is 89.5 Å². The zero-order valence-electron chi connectivity index (χ0n) is 13.7. The summed E-state index contributed by atoms with van der Waals surface area (Å²) in [5.74, 6) is -1.33. The third-order valence-corrected chi connectivity index (χ3v) is 5.71. The van der Waals surface area contributed by atoms with Crippen molar-refractivity contribution in [2.45, 2.75) is 19.1 Å². The van der Waals surface area contributed by atoms with Crippen molar-refractivity contribution in [2.75, 3.05) is 17.7 Å². The minimum absolute atomic E-state index is 0.103. The number of hydrogen-bond acceptors (Lipinski definition) is 6. The van der Waals surface area contributed by atoms with Crippen LogP contribution >= 0.6 is 11.3 Å². The molecule has 0 aliphatic rings. The molecule has 1 N–H and O–H groups in total. The lowest BCUT2D eigenvalue weighted by atomic mass is 10.2. The summed E-state index contributed by atoms with van der Waals surface area (Å²) in [6, 6.07) is 10.4. The van der Waals surface area contributed by atoms with Crippen molar-refractivity contribution in [1.82, 2.24) is 0 Å². The third-order valence-electron chi connectivity index (χ3n) is 3.28. The fourth-order valence-electron chi connectivity index (χ4n) is 2.11. The summed E-state index contributed by atoms with van der Waals surface area (Å²) in [6.45, 7) is 1.93. The number of carbonyl (C=O) groups excluding carboxylic acids is 2. The standard InChI is InChI=1S/C17H19NO5S2/c1-2-23-17(20)14-8-10-24-16(14)18-15(19)9-11-25(21,22)12-13-6-4-3-5-7-13/h3-8,10H,2,9,11-12H2,1H3,(H,18,19). The normalized spacial score (nSPS) is 11.1. The van der Waals surface area contributed by atoms with Crippen LogP contribution < -0.4 is 5.32 Å². The Kier molecular flexibility index (Phi) is 6.72. The van der Waals surface area contributed by atoms with Crippen LogP contribution in [0.1, 0.15) is 29.3 Å². The van der Waals surface area contributed by atoms with Gasteiger partial charge in [-0.3, -0.25) is 4.79 Å². The second-order valence-corrected chi connectivity index (χ2v) is 8.36. The molecule has 134 valence electrons. The van der Waals surface area contributed by atoms with E-state index in [2.05, 4.69) is 5.32 Å². The van der Waals surface area contributed by atoms with Gasteiger partial charge in [-0.05, 0) is 23.9 Å². The predicted octanol–water partition coefficient (Wildman–Crippen LogP) is 2.87. The summed E-state index contributed by atoms with van der Waals surface area (Å²) in [5.41, 5.74) is 0.957. The Balaban J connectivity index is 1.91. The molecule has 0 saturated heterocycles. The summed E-state index contributed by atoms with van der Waals surface area (Å²) in [6.07, 6.45) is -0.171. The zero-order chi connectivity index (χ0) is 18.3. The van der Waals surface area contributed by atoms with Crippen molar-refractivity contribution in [3.63, 3.8) is 0 Å². The zero-order valence-corrected chi connectivity index (χ0v) is 15.4. The van der Waals surface area contributed by atoms with Crippen molar-refractivity contribution in [3.05, 3.63) is 52.9 Å². The lowest BCUT2D eigenvalue weighted by Gasteiger charge is -2.07. The maximum atomic E-state index is 12.1. The number of anilines is 1. The van der Waals surface area contributed by atoms with Gasteiger partial charge in [0.05, 0.1) is 23.7 Å². The lowest BCUT2D eigenvalue weighted by molar-refractivity contribution is -0.115. The van der Waals surface area contributed by atoms with Crippen LogP contribution in [-0.4, -0.2) is 32.7 Å². The third kappa shape index (κ3) is 5.99. The van der Waals surface area contributed by atoms with Gasteiger partial charge in [-0.2, -0.15) is 0 Å². The van der Waals surface area contributed by atoms with Crippen LogP contribution in [0.25, 0.3) is 0 Å². The number of nitrogens with one attached hydrogen (secondary N) is 1.